The molecule has 0 radical (unpaired) electrons. The van der Waals surface area contributed by atoms with Crippen LogP contribution in [0.5, 0.6) is 0 Å². The second kappa shape index (κ2) is 5.78. The van der Waals surface area contributed by atoms with E-state index in [0.29, 0.717) is 11.4 Å². The van der Waals surface area contributed by atoms with E-state index in [0.717, 1.165) is 0 Å². The molecule has 0 saturated heterocycles. The lowest BCUT2D eigenvalue weighted by atomic mass is 10.3. The first-order valence-electron chi connectivity index (χ1n) is 6.51. The number of hydrogen-bond donors (Lipinski definition) is 0. The van der Waals surface area contributed by atoms with Gasteiger partial charge in [-0.1, -0.05) is 36.4 Å². The molecule has 1 heterocycles. The topological polar surface area (TPSA) is 78.8 Å². The molecular weight excluding hydrogens is 276 g/mol. The van der Waals surface area contributed by atoms with Crippen LogP contribution in [0.25, 0.3) is 0 Å². The second-order valence-corrected chi connectivity index (χ2v) is 4.37. The minimum Gasteiger partial charge on any atom is -0.202 e. The van der Waals surface area contributed by atoms with Gasteiger partial charge in [-0.25, -0.2) is 10.0 Å². The Morgan fingerprint density at radius 1 is 0.636 bits per heavy atom. The molecule has 0 amide bonds. The van der Waals surface area contributed by atoms with E-state index in [1.165, 1.54) is 10.0 Å². The van der Waals surface area contributed by atoms with Crippen molar-refractivity contribution in [3.8, 4) is 12.1 Å². The van der Waals surface area contributed by atoms with Crippen LogP contribution in [0.1, 0.15) is 0 Å². The third-order valence-corrected chi connectivity index (χ3v) is 2.99. The lowest BCUT2D eigenvalue weighted by Crippen LogP contribution is -2.39. The summed E-state index contributed by atoms with van der Waals surface area (Å²) < 4.78 is 0. The number of anilines is 2. The van der Waals surface area contributed by atoms with Gasteiger partial charge in [-0.2, -0.15) is 10.5 Å². The maximum absolute atomic E-state index is 9.35. The van der Waals surface area contributed by atoms with Crippen molar-refractivity contribution in [3.05, 3.63) is 60.7 Å². The van der Waals surface area contributed by atoms with Crippen molar-refractivity contribution >= 4 is 23.0 Å². The molecule has 0 aromatic heterocycles. The summed E-state index contributed by atoms with van der Waals surface area (Å²) in [4.78, 5) is 0. The fraction of sp³-hybridized carbons (Fsp3) is 0. The van der Waals surface area contributed by atoms with E-state index in [4.69, 9.17) is 0 Å². The maximum Gasteiger partial charge on any atom is 0.252 e. The van der Waals surface area contributed by atoms with Crippen molar-refractivity contribution in [1.82, 2.24) is 0 Å². The Morgan fingerprint density at radius 2 is 1.00 bits per heavy atom. The number of nitriles is 2. The Morgan fingerprint density at radius 3 is 1.32 bits per heavy atom. The fourth-order valence-corrected chi connectivity index (χ4v) is 2.01. The summed E-state index contributed by atoms with van der Waals surface area (Å²) in [5.74, 6) is 0.183. The number of nitrogens with zero attached hydrogens (tertiary/aromatic N) is 6. The molecule has 0 atom stereocenters. The van der Waals surface area contributed by atoms with E-state index in [-0.39, 0.29) is 11.7 Å². The van der Waals surface area contributed by atoms with E-state index < -0.39 is 0 Å². The van der Waals surface area contributed by atoms with Gasteiger partial charge in [0.15, 0.2) is 0 Å². The number of rotatable bonds is 2. The fourth-order valence-electron chi connectivity index (χ4n) is 2.01. The van der Waals surface area contributed by atoms with Crippen LogP contribution in [-0.2, 0) is 0 Å². The molecule has 6 heteroatoms. The van der Waals surface area contributed by atoms with E-state index in [2.05, 4.69) is 10.2 Å². The lowest BCUT2D eigenvalue weighted by Gasteiger charge is -2.26. The van der Waals surface area contributed by atoms with Gasteiger partial charge >= 0.3 is 0 Å². The third kappa shape index (κ3) is 2.37. The molecule has 0 unspecified atom stereocenters. The van der Waals surface area contributed by atoms with Crippen LogP contribution in [0.4, 0.5) is 11.4 Å². The summed E-state index contributed by atoms with van der Waals surface area (Å²) in [6.07, 6.45) is 0. The van der Waals surface area contributed by atoms with Crippen molar-refractivity contribution in [1.29, 1.82) is 10.5 Å². The first-order valence-corrected chi connectivity index (χ1v) is 6.51. The first kappa shape index (κ1) is 13.3. The summed E-state index contributed by atoms with van der Waals surface area (Å²) in [6.45, 7) is 0. The monoisotopic (exact) mass is 286 g/mol. The molecule has 1 aliphatic rings. The Labute approximate surface area is 127 Å². The molecule has 0 fully saturated rings. The number of benzene rings is 2. The molecule has 1 aliphatic heterocycles. The lowest BCUT2D eigenvalue weighted by molar-refractivity contribution is 1.01. The summed E-state index contributed by atoms with van der Waals surface area (Å²) in [6, 6.07) is 22.3. The zero-order chi connectivity index (χ0) is 15.4. The SMILES string of the molecule is N#CC1=NN(c2ccccc2)C(C#N)=NN1c1ccccc1. The summed E-state index contributed by atoms with van der Waals surface area (Å²) >= 11 is 0. The summed E-state index contributed by atoms with van der Waals surface area (Å²) in [5.41, 5.74) is 1.34. The second-order valence-electron chi connectivity index (χ2n) is 4.37. The zero-order valence-electron chi connectivity index (χ0n) is 11.5. The van der Waals surface area contributed by atoms with Crippen molar-refractivity contribution in [2.24, 2.45) is 10.2 Å². The van der Waals surface area contributed by atoms with Gasteiger partial charge in [0.05, 0.1) is 11.4 Å². The molecule has 6 nitrogen and oxygen atoms in total. The summed E-state index contributed by atoms with van der Waals surface area (Å²) in [5, 5.41) is 29.9. The molecule has 0 spiro atoms. The number of hydrogen-bond acceptors (Lipinski definition) is 6. The van der Waals surface area contributed by atoms with Crippen LogP contribution in [0.15, 0.2) is 70.9 Å². The van der Waals surface area contributed by atoms with Crippen LogP contribution in [0.2, 0.25) is 0 Å². The Kier molecular flexibility index (Phi) is 3.51. The highest BCUT2D eigenvalue weighted by Gasteiger charge is 2.25. The van der Waals surface area contributed by atoms with E-state index in [1.54, 1.807) is 24.3 Å². The quantitative estimate of drug-likeness (QED) is 0.850. The van der Waals surface area contributed by atoms with Crippen LogP contribution in [0, 0.1) is 22.7 Å². The molecular formula is C16H10N6. The molecule has 0 N–H and O–H groups in total. The van der Waals surface area contributed by atoms with Gasteiger partial charge in [-0.3, -0.25) is 0 Å². The smallest absolute Gasteiger partial charge is 0.202 e. The molecule has 2 aromatic carbocycles. The van der Waals surface area contributed by atoms with Crippen molar-refractivity contribution in [2.75, 3.05) is 10.0 Å². The van der Waals surface area contributed by atoms with Crippen molar-refractivity contribution < 1.29 is 0 Å². The molecule has 0 aliphatic carbocycles. The number of para-hydroxylation sites is 2. The van der Waals surface area contributed by atoms with Gasteiger partial charge in [0.25, 0.3) is 11.7 Å². The van der Waals surface area contributed by atoms with Gasteiger partial charge in [-0.15, -0.1) is 10.2 Å². The molecule has 3 rings (SSSR count). The van der Waals surface area contributed by atoms with Gasteiger partial charge < -0.3 is 0 Å². The predicted octanol–water partition coefficient (Wildman–Crippen LogP) is 2.69. The highest BCUT2D eigenvalue weighted by molar-refractivity contribution is 6.18. The molecule has 2 aromatic rings. The minimum absolute atomic E-state index is 0.0917. The van der Waals surface area contributed by atoms with Crippen LogP contribution in [0.3, 0.4) is 0 Å². The van der Waals surface area contributed by atoms with Crippen molar-refractivity contribution in [3.63, 3.8) is 0 Å². The Balaban J connectivity index is 2.07. The predicted molar refractivity (Wildman–Crippen MR) is 83.9 cm³/mol. The summed E-state index contributed by atoms with van der Waals surface area (Å²) in [7, 11) is 0. The average molecular weight is 286 g/mol. The van der Waals surface area contributed by atoms with Crippen LogP contribution < -0.4 is 10.0 Å². The van der Waals surface area contributed by atoms with Crippen LogP contribution in [-0.4, -0.2) is 11.7 Å². The minimum atomic E-state index is 0.0917. The van der Waals surface area contributed by atoms with Gasteiger partial charge in [-0.05, 0) is 24.3 Å². The van der Waals surface area contributed by atoms with Crippen molar-refractivity contribution in [2.45, 2.75) is 0 Å². The molecule has 0 saturated carbocycles. The van der Waals surface area contributed by atoms with E-state index >= 15 is 0 Å². The van der Waals surface area contributed by atoms with E-state index in [9.17, 15) is 10.5 Å². The Bertz CT molecular complexity index is 740. The van der Waals surface area contributed by atoms with Gasteiger partial charge in [0, 0.05) is 0 Å². The normalized spacial score (nSPS) is 13.7. The Hall–Kier alpha value is -3.64. The van der Waals surface area contributed by atoms with Crippen LogP contribution >= 0.6 is 0 Å². The maximum atomic E-state index is 9.35. The van der Waals surface area contributed by atoms with Gasteiger partial charge in [0.1, 0.15) is 12.1 Å². The standard InChI is InChI=1S/C16H10N6/c17-11-15-20-22(14-9-5-2-6-10-14)16(12-18)19-21(15)13-7-3-1-4-8-13/h1-10H. The first-order chi connectivity index (χ1) is 10.8. The highest BCUT2D eigenvalue weighted by Crippen LogP contribution is 2.22. The van der Waals surface area contributed by atoms with Gasteiger partial charge in [0.2, 0.25) is 0 Å². The largest absolute Gasteiger partial charge is 0.252 e. The highest BCUT2D eigenvalue weighted by atomic mass is 15.6. The number of amidine groups is 2. The third-order valence-electron chi connectivity index (χ3n) is 2.99. The van der Waals surface area contributed by atoms with E-state index in [1.807, 2.05) is 48.5 Å². The molecule has 104 valence electrons. The average Bonchev–Trinajstić information content (AvgIpc) is 2.62. The molecule has 0 bridgehead atoms. The zero-order valence-corrected chi connectivity index (χ0v) is 11.5. The molecule has 22 heavy (non-hydrogen) atoms. The number of hydrazone groups is 2.